The van der Waals surface area contributed by atoms with Crippen molar-refractivity contribution in [3.05, 3.63) is 21.9 Å². The molecule has 0 saturated carbocycles. The predicted octanol–water partition coefficient (Wildman–Crippen LogP) is 3.44. The van der Waals surface area contributed by atoms with E-state index in [0.29, 0.717) is 18.3 Å². The monoisotopic (exact) mass is 365 g/mol. The normalized spacial score (nSPS) is 20.5. The number of methoxy groups -OCH3 is 1. The lowest BCUT2D eigenvalue weighted by Crippen LogP contribution is -2.39. The summed E-state index contributed by atoms with van der Waals surface area (Å²) in [6.07, 6.45) is 1.56. The molecule has 0 radical (unpaired) electrons. The fraction of sp³-hybridized carbons (Fsp3) is 0.529. The maximum absolute atomic E-state index is 12.9. The molecule has 0 aromatic carbocycles. The molecule has 24 heavy (non-hydrogen) atoms. The molecule has 1 amide bonds. The first-order chi connectivity index (χ1) is 11.5. The topological polar surface area (TPSA) is 63.2 Å². The fourth-order valence-electron chi connectivity index (χ4n) is 3.03. The zero-order valence-electron chi connectivity index (χ0n) is 14.3. The third-order valence-electron chi connectivity index (χ3n) is 4.50. The van der Waals surface area contributed by atoms with Gasteiger partial charge in [-0.3, -0.25) is 4.79 Å². The van der Waals surface area contributed by atoms with Crippen LogP contribution in [0.1, 0.15) is 22.6 Å². The van der Waals surface area contributed by atoms with Crippen molar-refractivity contribution in [2.45, 2.75) is 26.7 Å². The highest BCUT2D eigenvalue weighted by molar-refractivity contribution is 7.18. The van der Waals surface area contributed by atoms with Crippen molar-refractivity contribution in [3.8, 4) is 10.6 Å². The molecule has 7 heteroatoms. The summed E-state index contributed by atoms with van der Waals surface area (Å²) >= 11 is 3.27. The summed E-state index contributed by atoms with van der Waals surface area (Å²) < 4.78 is 5.19. The van der Waals surface area contributed by atoms with E-state index >= 15 is 0 Å². The predicted molar refractivity (Wildman–Crippen MR) is 99.9 cm³/mol. The molecule has 0 aliphatic carbocycles. The number of rotatable bonds is 6. The van der Waals surface area contributed by atoms with Crippen molar-refractivity contribution in [3.63, 3.8) is 0 Å². The van der Waals surface area contributed by atoms with Crippen LogP contribution in [0.15, 0.2) is 12.1 Å². The largest absolute Gasteiger partial charge is 0.385 e. The van der Waals surface area contributed by atoms with Crippen molar-refractivity contribution in [2.75, 3.05) is 32.1 Å². The van der Waals surface area contributed by atoms with Crippen LogP contribution in [0.2, 0.25) is 0 Å². The van der Waals surface area contributed by atoms with Gasteiger partial charge in [0, 0.05) is 30.0 Å². The maximum atomic E-state index is 12.9. The average molecular weight is 366 g/mol. The van der Waals surface area contributed by atoms with Gasteiger partial charge in [0.25, 0.3) is 0 Å². The van der Waals surface area contributed by atoms with Crippen LogP contribution in [-0.2, 0) is 9.53 Å². The van der Waals surface area contributed by atoms with Crippen molar-refractivity contribution in [1.82, 2.24) is 10.3 Å². The summed E-state index contributed by atoms with van der Waals surface area (Å²) in [7, 11) is 1.67. The highest BCUT2D eigenvalue weighted by Crippen LogP contribution is 2.36. The fourth-order valence-corrected chi connectivity index (χ4v) is 4.83. The van der Waals surface area contributed by atoms with E-state index in [1.807, 2.05) is 0 Å². The van der Waals surface area contributed by atoms with Gasteiger partial charge in [-0.25, -0.2) is 4.98 Å². The summed E-state index contributed by atoms with van der Waals surface area (Å²) in [6, 6.07) is 4.19. The van der Waals surface area contributed by atoms with E-state index in [-0.39, 0.29) is 5.91 Å². The van der Waals surface area contributed by atoms with Gasteiger partial charge >= 0.3 is 0 Å². The molecule has 3 rings (SSSR count). The van der Waals surface area contributed by atoms with Crippen LogP contribution >= 0.6 is 22.7 Å². The molecular weight excluding hydrogens is 342 g/mol. The lowest BCUT2D eigenvalue weighted by atomic mass is 9.83. The number of ether oxygens (including phenoxy) is 1. The second kappa shape index (κ2) is 7.31. The number of anilines is 1. The minimum atomic E-state index is -0.394. The van der Waals surface area contributed by atoms with Crippen LogP contribution in [-0.4, -0.2) is 37.7 Å². The van der Waals surface area contributed by atoms with Gasteiger partial charge in [-0.05, 0) is 45.4 Å². The Morgan fingerprint density at radius 3 is 2.88 bits per heavy atom. The number of nitrogens with zero attached hydrogens (tertiary/aromatic N) is 1. The first kappa shape index (κ1) is 17.5. The van der Waals surface area contributed by atoms with E-state index in [1.54, 1.807) is 29.8 Å². The van der Waals surface area contributed by atoms with Crippen molar-refractivity contribution < 1.29 is 9.53 Å². The summed E-state index contributed by atoms with van der Waals surface area (Å²) in [6.45, 7) is 6.30. The zero-order chi connectivity index (χ0) is 17.2. The number of nitrogens with one attached hydrogen (secondary N) is 2. The molecule has 1 fully saturated rings. The van der Waals surface area contributed by atoms with Gasteiger partial charge in [-0.2, -0.15) is 0 Å². The molecule has 5 nitrogen and oxygen atoms in total. The minimum absolute atomic E-state index is 0.0483. The molecular formula is C17H23N3O2S2. The number of aromatic nitrogens is 1. The molecule has 1 atom stereocenters. The molecule has 0 bridgehead atoms. The van der Waals surface area contributed by atoms with Gasteiger partial charge in [0.05, 0.1) is 16.0 Å². The standard InChI is InChI=1S/C17H23N3O2S2/c1-11-4-5-13(23-11)14-12(2)24-16(19-14)20-15(21)17(7-9-22-3)6-8-18-10-17/h4-5,18H,6-10H2,1-3H3,(H,19,20,21). The zero-order valence-corrected chi connectivity index (χ0v) is 15.9. The van der Waals surface area contributed by atoms with Crippen molar-refractivity contribution in [2.24, 2.45) is 5.41 Å². The van der Waals surface area contributed by atoms with Crippen LogP contribution in [0.5, 0.6) is 0 Å². The molecule has 2 aromatic heterocycles. The van der Waals surface area contributed by atoms with Crippen LogP contribution in [0.4, 0.5) is 5.13 Å². The van der Waals surface area contributed by atoms with Gasteiger partial charge in [0.2, 0.25) is 5.91 Å². The number of thiazole rings is 1. The quantitative estimate of drug-likeness (QED) is 0.823. The van der Waals surface area contributed by atoms with Gasteiger partial charge in [0.15, 0.2) is 5.13 Å². The van der Waals surface area contributed by atoms with Crippen LogP contribution in [0, 0.1) is 19.3 Å². The highest BCUT2D eigenvalue weighted by atomic mass is 32.1. The number of aryl methyl sites for hydroxylation is 2. The van der Waals surface area contributed by atoms with Gasteiger partial charge < -0.3 is 15.4 Å². The van der Waals surface area contributed by atoms with Crippen molar-refractivity contribution in [1.29, 1.82) is 0 Å². The average Bonchev–Trinajstić information content (AvgIpc) is 3.26. The van der Waals surface area contributed by atoms with Crippen LogP contribution < -0.4 is 10.6 Å². The number of hydrogen-bond acceptors (Lipinski definition) is 6. The Morgan fingerprint density at radius 2 is 2.25 bits per heavy atom. The first-order valence-electron chi connectivity index (χ1n) is 8.09. The van der Waals surface area contributed by atoms with Gasteiger partial charge in [-0.15, -0.1) is 22.7 Å². The second-order valence-corrected chi connectivity index (χ2v) is 8.73. The number of amides is 1. The molecule has 3 heterocycles. The molecule has 1 saturated heterocycles. The Labute approximate surface area is 150 Å². The lowest BCUT2D eigenvalue weighted by Gasteiger charge is -2.25. The number of thiophene rings is 1. The Hall–Kier alpha value is -1.28. The Balaban J connectivity index is 1.77. The van der Waals surface area contributed by atoms with Gasteiger partial charge in [0.1, 0.15) is 0 Å². The first-order valence-corrected chi connectivity index (χ1v) is 9.73. The van der Waals surface area contributed by atoms with E-state index in [1.165, 1.54) is 4.88 Å². The molecule has 1 aliphatic heterocycles. The highest BCUT2D eigenvalue weighted by Gasteiger charge is 2.41. The van der Waals surface area contributed by atoms with E-state index in [0.717, 1.165) is 34.8 Å². The number of carbonyl (C=O) groups is 1. The molecule has 0 spiro atoms. The summed E-state index contributed by atoms with van der Waals surface area (Å²) in [5, 5.41) is 7.03. The Bertz CT molecular complexity index is 717. The van der Waals surface area contributed by atoms with E-state index < -0.39 is 5.41 Å². The van der Waals surface area contributed by atoms with Gasteiger partial charge in [-0.1, -0.05) is 0 Å². The molecule has 2 aromatic rings. The smallest absolute Gasteiger partial charge is 0.233 e. The summed E-state index contributed by atoms with van der Waals surface area (Å²) in [5.74, 6) is 0.0483. The van der Waals surface area contributed by atoms with E-state index in [2.05, 4.69) is 41.6 Å². The molecule has 1 aliphatic rings. The van der Waals surface area contributed by atoms with Crippen LogP contribution in [0.3, 0.4) is 0 Å². The minimum Gasteiger partial charge on any atom is -0.385 e. The number of carbonyl (C=O) groups excluding carboxylic acids is 1. The Kier molecular flexibility index (Phi) is 5.34. The third-order valence-corrected chi connectivity index (χ3v) is 6.39. The van der Waals surface area contributed by atoms with Crippen molar-refractivity contribution >= 4 is 33.7 Å². The molecule has 1 unspecified atom stereocenters. The third kappa shape index (κ3) is 3.54. The maximum Gasteiger partial charge on any atom is 0.233 e. The summed E-state index contributed by atoms with van der Waals surface area (Å²) in [5.41, 5.74) is 0.582. The number of hydrogen-bond donors (Lipinski definition) is 2. The molecule has 130 valence electrons. The summed E-state index contributed by atoms with van der Waals surface area (Å²) in [4.78, 5) is 21.1. The lowest BCUT2D eigenvalue weighted by molar-refractivity contribution is -0.125. The van der Waals surface area contributed by atoms with Crippen LogP contribution in [0.25, 0.3) is 10.6 Å². The Morgan fingerprint density at radius 1 is 1.42 bits per heavy atom. The van der Waals surface area contributed by atoms with E-state index in [4.69, 9.17) is 4.74 Å². The second-order valence-electron chi connectivity index (χ2n) is 6.24. The SMILES string of the molecule is COCCC1(C(=O)Nc2nc(-c3ccc(C)s3)c(C)s2)CCNC1. The van der Waals surface area contributed by atoms with E-state index in [9.17, 15) is 4.79 Å². The molecule has 2 N–H and O–H groups in total.